The molecule has 0 spiro atoms. The van der Waals surface area contributed by atoms with Gasteiger partial charge in [0.1, 0.15) is 36.2 Å². The first-order valence-electron chi connectivity index (χ1n) is 10.4. The molecule has 5 rings (SSSR count). The third kappa shape index (κ3) is 4.26. The van der Waals surface area contributed by atoms with E-state index in [4.69, 9.17) is 4.74 Å². The Labute approximate surface area is 194 Å². The van der Waals surface area contributed by atoms with Crippen LogP contribution in [0.15, 0.2) is 43.1 Å². The molecule has 1 saturated heterocycles. The molecule has 0 saturated carbocycles. The molecule has 1 aromatic carbocycles. The van der Waals surface area contributed by atoms with Gasteiger partial charge >= 0.3 is 0 Å². The molecule has 0 bridgehead atoms. The monoisotopic (exact) mass is 491 g/mol. The maximum Gasteiger partial charge on any atom is 0.194 e. The number of pyridine rings is 1. The average Bonchev–Trinajstić information content (AvgIpc) is 3.53. The Kier molecular flexibility index (Phi) is 6.00. The Hall–Kier alpha value is -3.75. The fourth-order valence-electron chi connectivity index (χ4n) is 4.00. The number of ether oxygens (including phenoxy) is 1. The van der Waals surface area contributed by atoms with Gasteiger partial charge in [0.25, 0.3) is 0 Å². The lowest BCUT2D eigenvalue weighted by Gasteiger charge is -2.38. The fraction of sp³-hybridized carbons (Fsp3) is 0.286. The quantitative estimate of drug-likeness (QED) is 0.321. The minimum Gasteiger partial charge on any atom is -0.394 e. The molecule has 2 N–H and O–H groups in total. The second kappa shape index (κ2) is 9.13. The number of benzene rings is 1. The molecule has 14 heteroatoms. The van der Waals surface area contributed by atoms with E-state index in [2.05, 4.69) is 25.5 Å². The third-order valence-electron chi connectivity index (χ3n) is 5.71. The lowest BCUT2D eigenvalue weighted by molar-refractivity contribution is -0.161. The largest absolute Gasteiger partial charge is 0.394 e. The summed E-state index contributed by atoms with van der Waals surface area (Å²) >= 11 is 0. The molecule has 35 heavy (non-hydrogen) atoms. The van der Waals surface area contributed by atoms with Crippen molar-refractivity contribution in [1.29, 1.82) is 0 Å². The van der Waals surface area contributed by atoms with Gasteiger partial charge in [-0.25, -0.2) is 22.2 Å². The number of halogens is 4. The van der Waals surface area contributed by atoms with E-state index in [1.54, 1.807) is 0 Å². The van der Waals surface area contributed by atoms with E-state index in [1.807, 2.05) is 0 Å². The average molecular weight is 491 g/mol. The Balaban J connectivity index is 1.47. The van der Waals surface area contributed by atoms with Gasteiger partial charge in [-0.15, -0.1) is 15.3 Å². The molecule has 4 heterocycles. The van der Waals surface area contributed by atoms with Crippen LogP contribution in [-0.2, 0) is 4.74 Å². The molecule has 182 valence electrons. The Morgan fingerprint density at radius 3 is 2.54 bits per heavy atom. The number of nitrogens with zero attached hydrogens (tertiary/aromatic N) is 7. The van der Waals surface area contributed by atoms with E-state index >= 15 is 0 Å². The first kappa shape index (κ1) is 23.0. The highest BCUT2D eigenvalue weighted by molar-refractivity contribution is 5.57. The van der Waals surface area contributed by atoms with E-state index in [-0.39, 0.29) is 23.5 Å². The molecule has 4 aromatic rings. The zero-order valence-electron chi connectivity index (χ0n) is 17.7. The van der Waals surface area contributed by atoms with Gasteiger partial charge in [-0.1, -0.05) is 5.21 Å². The zero-order chi connectivity index (χ0) is 24.7. The van der Waals surface area contributed by atoms with Crippen molar-refractivity contribution in [2.75, 3.05) is 6.61 Å². The second-order valence-electron chi connectivity index (χ2n) is 7.90. The van der Waals surface area contributed by atoms with Crippen LogP contribution in [0.25, 0.3) is 16.9 Å². The minimum absolute atomic E-state index is 0.0348. The highest BCUT2D eigenvalue weighted by atomic mass is 19.2. The van der Waals surface area contributed by atoms with Crippen molar-refractivity contribution in [3.05, 3.63) is 72.2 Å². The summed E-state index contributed by atoms with van der Waals surface area (Å²) in [6, 6.07) is 1.98. The SMILES string of the molecule is OCC1OC(c2nncn2-c2cncc(F)c2)CC(n2cc(-c3cc(F)c(F)c(F)c3)nn2)C1O. The van der Waals surface area contributed by atoms with E-state index in [0.717, 1.165) is 18.3 Å². The fourth-order valence-corrected chi connectivity index (χ4v) is 4.00. The van der Waals surface area contributed by atoms with Gasteiger partial charge in [-0.3, -0.25) is 9.55 Å². The van der Waals surface area contributed by atoms with Gasteiger partial charge in [0.2, 0.25) is 0 Å². The third-order valence-corrected chi connectivity index (χ3v) is 5.71. The van der Waals surface area contributed by atoms with Crippen molar-refractivity contribution < 1.29 is 32.5 Å². The lowest BCUT2D eigenvalue weighted by atomic mass is 9.95. The molecule has 0 radical (unpaired) electrons. The van der Waals surface area contributed by atoms with Crippen LogP contribution in [0.3, 0.4) is 0 Å². The van der Waals surface area contributed by atoms with Gasteiger partial charge in [-0.2, -0.15) is 0 Å². The summed E-state index contributed by atoms with van der Waals surface area (Å²) in [5, 5.41) is 36.3. The van der Waals surface area contributed by atoms with E-state index in [9.17, 15) is 27.8 Å². The summed E-state index contributed by atoms with van der Waals surface area (Å²) < 4.78 is 62.9. The second-order valence-corrected chi connectivity index (χ2v) is 7.90. The van der Waals surface area contributed by atoms with Crippen LogP contribution in [-0.4, -0.2) is 63.8 Å². The standard InChI is InChI=1S/C21H17F4N7O3/c22-11-3-12(6-26-5-11)31-9-27-29-21(31)17-4-16(20(34)18(8-33)35-17)32-7-15(28-30-32)10-1-13(23)19(25)14(24)2-10/h1-3,5-7,9,16-18,20,33-34H,4,8H2. The highest BCUT2D eigenvalue weighted by Crippen LogP contribution is 2.38. The number of aliphatic hydroxyl groups is 2. The Morgan fingerprint density at radius 2 is 1.83 bits per heavy atom. The summed E-state index contributed by atoms with van der Waals surface area (Å²) in [6.07, 6.45) is 2.09. The van der Waals surface area contributed by atoms with E-state index in [1.165, 1.54) is 34.0 Å². The summed E-state index contributed by atoms with van der Waals surface area (Å²) in [5.41, 5.74) is 0.315. The minimum atomic E-state index is -1.60. The van der Waals surface area contributed by atoms with Gasteiger partial charge in [-0.05, 0) is 12.1 Å². The maximum atomic E-state index is 13.7. The topological polar surface area (TPSA) is 124 Å². The molecule has 1 fully saturated rings. The molecular weight excluding hydrogens is 474 g/mol. The predicted octanol–water partition coefficient (Wildman–Crippen LogP) is 1.90. The number of aromatic nitrogens is 7. The van der Waals surface area contributed by atoms with Crippen LogP contribution in [0.1, 0.15) is 24.4 Å². The lowest BCUT2D eigenvalue weighted by Crippen LogP contribution is -2.45. The maximum absolute atomic E-state index is 13.7. The summed E-state index contributed by atoms with van der Waals surface area (Å²) in [6.45, 7) is -0.542. The molecule has 3 aromatic heterocycles. The number of aliphatic hydroxyl groups excluding tert-OH is 2. The van der Waals surface area contributed by atoms with Gasteiger partial charge < -0.3 is 14.9 Å². The predicted molar refractivity (Wildman–Crippen MR) is 109 cm³/mol. The molecule has 10 nitrogen and oxygen atoms in total. The van der Waals surface area contributed by atoms with E-state index in [0.29, 0.717) is 5.69 Å². The number of rotatable bonds is 5. The molecular formula is C21H17F4N7O3. The zero-order valence-corrected chi connectivity index (χ0v) is 17.7. The smallest absolute Gasteiger partial charge is 0.194 e. The molecule has 0 amide bonds. The van der Waals surface area contributed by atoms with Crippen LogP contribution in [0.4, 0.5) is 17.6 Å². The van der Waals surface area contributed by atoms with Crippen molar-refractivity contribution in [3.63, 3.8) is 0 Å². The Bertz CT molecular complexity index is 1340. The summed E-state index contributed by atoms with van der Waals surface area (Å²) in [5.74, 6) is -4.68. The first-order chi connectivity index (χ1) is 16.9. The normalized spacial score (nSPS) is 22.5. The van der Waals surface area contributed by atoms with E-state index < -0.39 is 54.2 Å². The van der Waals surface area contributed by atoms with Crippen LogP contribution in [0.2, 0.25) is 0 Å². The molecule has 1 aliphatic rings. The number of hydrogen-bond acceptors (Lipinski definition) is 8. The molecule has 0 aliphatic carbocycles. The van der Waals surface area contributed by atoms with Crippen molar-refractivity contribution in [1.82, 2.24) is 34.7 Å². The van der Waals surface area contributed by atoms with Crippen molar-refractivity contribution in [2.45, 2.75) is 30.8 Å². The molecule has 1 aliphatic heterocycles. The molecule has 4 unspecified atom stereocenters. The van der Waals surface area contributed by atoms with Crippen LogP contribution >= 0.6 is 0 Å². The van der Waals surface area contributed by atoms with Crippen molar-refractivity contribution >= 4 is 0 Å². The van der Waals surface area contributed by atoms with Gasteiger partial charge in [0.15, 0.2) is 23.3 Å². The van der Waals surface area contributed by atoms with Crippen LogP contribution < -0.4 is 0 Å². The summed E-state index contributed by atoms with van der Waals surface area (Å²) in [4.78, 5) is 3.81. The van der Waals surface area contributed by atoms with Crippen LogP contribution in [0.5, 0.6) is 0 Å². The van der Waals surface area contributed by atoms with Gasteiger partial charge in [0, 0.05) is 18.1 Å². The Morgan fingerprint density at radius 1 is 1.06 bits per heavy atom. The van der Waals surface area contributed by atoms with Crippen molar-refractivity contribution in [3.8, 4) is 16.9 Å². The van der Waals surface area contributed by atoms with Crippen LogP contribution in [0, 0.1) is 23.3 Å². The molecule has 4 atom stereocenters. The highest BCUT2D eigenvalue weighted by Gasteiger charge is 2.41. The number of hydrogen-bond donors (Lipinski definition) is 2. The van der Waals surface area contributed by atoms with Crippen molar-refractivity contribution in [2.24, 2.45) is 0 Å². The van der Waals surface area contributed by atoms with Gasteiger partial charge in [0.05, 0.1) is 36.9 Å². The first-order valence-corrected chi connectivity index (χ1v) is 10.4. The summed E-state index contributed by atoms with van der Waals surface area (Å²) in [7, 11) is 0.